The molecule has 11 heteroatoms. The Kier molecular flexibility index (Phi) is 5.84. The molecule has 10 nitrogen and oxygen atoms in total. The summed E-state index contributed by atoms with van der Waals surface area (Å²) in [5.74, 6) is 1.59. The number of carbonyl (C=O) groups excluding carboxylic acids is 2. The van der Waals surface area contributed by atoms with Gasteiger partial charge in [-0.15, -0.1) is 0 Å². The molecular formula is C28H27ClN8O2. The third-order valence-electron chi connectivity index (χ3n) is 7.57. The van der Waals surface area contributed by atoms with E-state index in [1.54, 1.807) is 11.0 Å². The average Bonchev–Trinajstić information content (AvgIpc) is 3.85. The number of hydrogen-bond acceptors (Lipinski definition) is 6. The lowest BCUT2D eigenvalue weighted by molar-refractivity contribution is -0.117. The highest BCUT2D eigenvalue weighted by atomic mass is 35.5. The van der Waals surface area contributed by atoms with Gasteiger partial charge >= 0.3 is 6.03 Å². The highest BCUT2D eigenvalue weighted by Crippen LogP contribution is 2.48. The van der Waals surface area contributed by atoms with Crippen molar-refractivity contribution in [2.75, 3.05) is 28.6 Å². The Morgan fingerprint density at radius 3 is 2.77 bits per heavy atom. The number of amides is 3. The lowest BCUT2D eigenvalue weighted by Crippen LogP contribution is -2.28. The fourth-order valence-electron chi connectivity index (χ4n) is 5.29. The Morgan fingerprint density at radius 2 is 1.97 bits per heavy atom. The molecule has 2 aliphatic carbocycles. The van der Waals surface area contributed by atoms with E-state index in [0.717, 1.165) is 29.0 Å². The lowest BCUT2D eigenvalue weighted by Gasteiger charge is -2.16. The second-order valence-electron chi connectivity index (χ2n) is 10.4. The van der Waals surface area contributed by atoms with E-state index in [4.69, 9.17) is 16.6 Å². The fraction of sp³-hybridized carbons (Fsp3) is 0.321. The molecule has 7 rings (SSSR count). The van der Waals surface area contributed by atoms with Crippen molar-refractivity contribution in [2.24, 2.45) is 5.92 Å². The van der Waals surface area contributed by atoms with Crippen molar-refractivity contribution in [3.63, 3.8) is 0 Å². The van der Waals surface area contributed by atoms with E-state index < -0.39 is 0 Å². The zero-order valence-electron chi connectivity index (χ0n) is 21.1. The minimum atomic E-state index is -0.0970. The van der Waals surface area contributed by atoms with Gasteiger partial charge in [0.15, 0.2) is 5.65 Å². The first-order valence-corrected chi connectivity index (χ1v) is 13.6. The fourth-order valence-corrected chi connectivity index (χ4v) is 5.49. The van der Waals surface area contributed by atoms with Crippen LogP contribution in [0.5, 0.6) is 0 Å². The molecule has 0 bridgehead atoms. The number of aromatic nitrogens is 4. The maximum Gasteiger partial charge on any atom is 0.322 e. The predicted molar refractivity (Wildman–Crippen MR) is 148 cm³/mol. The summed E-state index contributed by atoms with van der Waals surface area (Å²) >= 11 is 6.10. The molecule has 0 radical (unpaired) electrons. The monoisotopic (exact) mass is 542 g/mol. The molecule has 3 aliphatic rings. The normalized spacial score (nSPS) is 20.2. The summed E-state index contributed by atoms with van der Waals surface area (Å²) in [7, 11) is 0. The zero-order valence-corrected chi connectivity index (χ0v) is 21.9. The number of halogens is 1. The number of pyridine rings is 1. The molecule has 1 saturated heterocycles. The third-order valence-corrected chi connectivity index (χ3v) is 7.81. The molecule has 3 fully saturated rings. The molecule has 1 aromatic carbocycles. The number of benzene rings is 1. The van der Waals surface area contributed by atoms with Crippen LogP contribution in [0.2, 0.25) is 5.02 Å². The smallest absolute Gasteiger partial charge is 0.322 e. The molecule has 3 N–H and O–H groups in total. The van der Waals surface area contributed by atoms with Crippen LogP contribution < -0.4 is 20.9 Å². The molecule has 0 spiro atoms. The molecule has 39 heavy (non-hydrogen) atoms. The molecule has 2 saturated carbocycles. The second-order valence-corrected chi connectivity index (χ2v) is 10.9. The summed E-state index contributed by atoms with van der Waals surface area (Å²) in [6.45, 7) is 1.68. The van der Waals surface area contributed by atoms with Gasteiger partial charge in [-0.05, 0) is 60.4 Å². The van der Waals surface area contributed by atoms with E-state index in [-0.39, 0.29) is 23.8 Å². The van der Waals surface area contributed by atoms with E-state index in [1.165, 1.54) is 24.7 Å². The topological polar surface area (TPSA) is 117 Å². The third kappa shape index (κ3) is 4.87. The molecule has 3 amide bonds. The van der Waals surface area contributed by atoms with Crippen LogP contribution in [0.25, 0.3) is 5.65 Å². The summed E-state index contributed by atoms with van der Waals surface area (Å²) in [5.41, 5.74) is 4.72. The van der Waals surface area contributed by atoms with Gasteiger partial charge in [0.25, 0.3) is 0 Å². The number of nitrogens with one attached hydrogen (secondary N) is 3. The van der Waals surface area contributed by atoms with E-state index in [0.29, 0.717) is 42.2 Å². The maximum atomic E-state index is 12.8. The Balaban J connectivity index is 1.04. The number of anilines is 3. The van der Waals surface area contributed by atoms with Crippen LogP contribution in [-0.4, -0.2) is 44.4 Å². The van der Waals surface area contributed by atoms with Crippen molar-refractivity contribution in [3.8, 4) is 0 Å². The van der Waals surface area contributed by atoms with Gasteiger partial charge in [0.05, 0.1) is 17.9 Å². The van der Waals surface area contributed by atoms with E-state index >= 15 is 0 Å². The quantitative estimate of drug-likeness (QED) is 0.301. The standard InChI is InChI=1S/C28H27ClN8O2/c29-19-3-1-2-17(8-19)21-10-22(21)27(38)35-25-11-24(32-15-33-25)31-12-20-14-36-13-18(16-4-5-16)9-23(26(36)34-20)37-7-6-30-28(37)39/h1-3,8-9,11,13-16,21-22H,4-7,10,12H2,(H,30,39)(H2,31,32,33,35,38)/t21-,22+/m1/s1. The van der Waals surface area contributed by atoms with Crippen molar-refractivity contribution in [2.45, 2.75) is 37.6 Å². The highest BCUT2D eigenvalue weighted by Gasteiger charge is 2.44. The average molecular weight is 543 g/mol. The van der Waals surface area contributed by atoms with Crippen LogP contribution in [0.15, 0.2) is 55.1 Å². The van der Waals surface area contributed by atoms with Gasteiger partial charge in [0.1, 0.15) is 18.0 Å². The minimum absolute atomic E-state index is 0.0603. The maximum absolute atomic E-state index is 12.8. The Labute approximate surface area is 229 Å². The predicted octanol–water partition coefficient (Wildman–Crippen LogP) is 4.54. The van der Waals surface area contributed by atoms with Crippen molar-refractivity contribution in [3.05, 3.63) is 77.0 Å². The number of urea groups is 1. The molecule has 4 heterocycles. The molecule has 3 aromatic heterocycles. The Morgan fingerprint density at radius 1 is 1.10 bits per heavy atom. The van der Waals surface area contributed by atoms with Gasteiger partial charge in [0, 0.05) is 42.5 Å². The molecule has 1 aliphatic heterocycles. The van der Waals surface area contributed by atoms with Crippen LogP contribution in [-0.2, 0) is 11.3 Å². The first kappa shape index (κ1) is 23.9. The van der Waals surface area contributed by atoms with Crippen molar-refractivity contribution >= 4 is 46.5 Å². The van der Waals surface area contributed by atoms with E-state index in [2.05, 4.69) is 38.2 Å². The first-order valence-electron chi connectivity index (χ1n) is 13.2. The van der Waals surface area contributed by atoms with Gasteiger partial charge in [-0.3, -0.25) is 9.69 Å². The zero-order chi connectivity index (χ0) is 26.5. The largest absolute Gasteiger partial charge is 0.364 e. The number of carbonyl (C=O) groups is 2. The van der Waals surface area contributed by atoms with Gasteiger partial charge in [-0.25, -0.2) is 19.7 Å². The molecule has 4 aromatic rings. The number of imidazole rings is 1. The highest BCUT2D eigenvalue weighted by molar-refractivity contribution is 6.30. The summed E-state index contributed by atoms with van der Waals surface area (Å²) in [6, 6.07) is 11.4. The van der Waals surface area contributed by atoms with Gasteiger partial charge in [-0.2, -0.15) is 0 Å². The SMILES string of the molecule is O=C(Nc1cc(NCc2cn3cc(C4CC4)cc(N4CCNC4=O)c3n2)ncn1)[C@H]1C[C@@H]1c1cccc(Cl)c1. The van der Waals surface area contributed by atoms with Crippen molar-refractivity contribution in [1.29, 1.82) is 0 Å². The van der Waals surface area contributed by atoms with E-state index in [9.17, 15) is 9.59 Å². The summed E-state index contributed by atoms with van der Waals surface area (Å²) < 4.78 is 2.02. The van der Waals surface area contributed by atoms with Crippen molar-refractivity contribution < 1.29 is 9.59 Å². The van der Waals surface area contributed by atoms with Gasteiger partial charge in [0.2, 0.25) is 5.91 Å². The van der Waals surface area contributed by atoms with Gasteiger partial charge < -0.3 is 20.4 Å². The van der Waals surface area contributed by atoms with Crippen LogP contribution in [0.1, 0.15) is 47.9 Å². The Hall–Kier alpha value is -4.18. The van der Waals surface area contributed by atoms with Crippen LogP contribution >= 0.6 is 11.6 Å². The van der Waals surface area contributed by atoms with Crippen LogP contribution in [0, 0.1) is 5.92 Å². The summed E-state index contributed by atoms with van der Waals surface area (Å²) in [5, 5.41) is 9.76. The number of rotatable bonds is 8. The second kappa shape index (κ2) is 9.53. The Bertz CT molecular complexity index is 1600. The number of hydrogen-bond donors (Lipinski definition) is 3. The molecule has 198 valence electrons. The van der Waals surface area contributed by atoms with Gasteiger partial charge in [-0.1, -0.05) is 23.7 Å². The summed E-state index contributed by atoms with van der Waals surface area (Å²) in [4.78, 5) is 40.3. The van der Waals surface area contributed by atoms with Crippen LogP contribution in [0.4, 0.5) is 22.1 Å². The van der Waals surface area contributed by atoms with Crippen molar-refractivity contribution in [1.82, 2.24) is 24.7 Å². The molecular weight excluding hydrogens is 516 g/mol. The molecule has 0 unspecified atom stereocenters. The first-order chi connectivity index (χ1) is 19.0. The molecule has 2 atom stereocenters. The van der Waals surface area contributed by atoms with Crippen LogP contribution in [0.3, 0.4) is 0 Å². The summed E-state index contributed by atoms with van der Waals surface area (Å²) in [6.07, 6.45) is 8.67. The lowest BCUT2D eigenvalue weighted by atomic mass is 10.1. The number of fused-ring (bicyclic) bond motifs is 1. The van der Waals surface area contributed by atoms with E-state index in [1.807, 2.05) is 34.9 Å². The number of nitrogens with zero attached hydrogens (tertiary/aromatic N) is 5. The minimum Gasteiger partial charge on any atom is -0.364 e.